The summed E-state index contributed by atoms with van der Waals surface area (Å²) in [4.78, 5) is 16.8. The summed E-state index contributed by atoms with van der Waals surface area (Å²) < 4.78 is 6.84. The number of carbonyl (C=O) groups excluding carboxylic acids is 1. The molecular formula is C22H15Cl2N5O2. The van der Waals surface area contributed by atoms with E-state index in [9.17, 15) is 4.79 Å². The van der Waals surface area contributed by atoms with Gasteiger partial charge in [-0.25, -0.2) is 4.68 Å². The fourth-order valence-electron chi connectivity index (χ4n) is 3.31. The number of aromatic nitrogens is 3. The Balaban J connectivity index is 1.53. The number of carbonyl (C=O) groups is 1. The SMILES string of the molecule is O=C(Nc1nc2n(n1)[C@@H](c1ccc(Cl)cc1)C=C(c1ccc(Cl)cc1)N2)c1ccco1. The van der Waals surface area contributed by atoms with E-state index >= 15 is 0 Å². The van der Waals surface area contributed by atoms with E-state index in [2.05, 4.69) is 20.7 Å². The number of amides is 1. The molecular weight excluding hydrogens is 437 g/mol. The van der Waals surface area contributed by atoms with Crippen molar-refractivity contribution < 1.29 is 9.21 Å². The maximum Gasteiger partial charge on any atom is 0.293 e. The van der Waals surface area contributed by atoms with Gasteiger partial charge in [-0.05, 0) is 53.6 Å². The number of hydrogen-bond acceptors (Lipinski definition) is 5. The summed E-state index contributed by atoms with van der Waals surface area (Å²) in [5.74, 6) is 0.396. The van der Waals surface area contributed by atoms with Crippen LogP contribution in [-0.2, 0) is 0 Å². The van der Waals surface area contributed by atoms with Crippen molar-refractivity contribution >= 4 is 46.7 Å². The molecule has 0 bridgehead atoms. The normalized spacial score (nSPS) is 15.0. The fraction of sp³-hybridized carbons (Fsp3) is 0.0455. The van der Waals surface area contributed by atoms with Crippen molar-refractivity contribution in [1.29, 1.82) is 0 Å². The van der Waals surface area contributed by atoms with Gasteiger partial charge in [0.1, 0.15) is 6.04 Å². The summed E-state index contributed by atoms with van der Waals surface area (Å²) in [5.41, 5.74) is 2.76. The van der Waals surface area contributed by atoms with Crippen LogP contribution in [0.4, 0.5) is 11.9 Å². The van der Waals surface area contributed by atoms with Crippen molar-refractivity contribution in [3.05, 3.63) is 99.9 Å². The summed E-state index contributed by atoms with van der Waals surface area (Å²) in [5, 5.41) is 11.7. The molecule has 3 heterocycles. The number of anilines is 2. The lowest BCUT2D eigenvalue weighted by Crippen LogP contribution is -2.20. The van der Waals surface area contributed by atoms with Crippen LogP contribution in [0.3, 0.4) is 0 Å². The number of allylic oxidation sites excluding steroid dienone is 1. The lowest BCUT2D eigenvalue weighted by Gasteiger charge is -2.24. The van der Waals surface area contributed by atoms with Gasteiger partial charge in [-0.1, -0.05) is 47.5 Å². The highest BCUT2D eigenvalue weighted by Gasteiger charge is 2.26. The van der Waals surface area contributed by atoms with Crippen molar-refractivity contribution in [3.63, 3.8) is 0 Å². The zero-order chi connectivity index (χ0) is 21.4. The monoisotopic (exact) mass is 451 g/mol. The first-order chi connectivity index (χ1) is 15.1. The van der Waals surface area contributed by atoms with Gasteiger partial charge in [-0.15, -0.1) is 5.10 Å². The Labute approximate surface area is 187 Å². The van der Waals surface area contributed by atoms with E-state index < -0.39 is 5.91 Å². The molecule has 5 rings (SSSR count). The van der Waals surface area contributed by atoms with E-state index in [4.69, 9.17) is 27.6 Å². The maximum atomic E-state index is 12.3. The molecule has 31 heavy (non-hydrogen) atoms. The molecule has 2 N–H and O–H groups in total. The number of furan rings is 1. The van der Waals surface area contributed by atoms with Crippen LogP contribution in [0.1, 0.15) is 27.7 Å². The average molecular weight is 452 g/mol. The highest BCUT2D eigenvalue weighted by Crippen LogP contribution is 2.34. The third-order valence-corrected chi connectivity index (χ3v) is 5.31. The highest BCUT2D eigenvalue weighted by molar-refractivity contribution is 6.30. The molecule has 0 unspecified atom stereocenters. The van der Waals surface area contributed by atoms with E-state index in [1.54, 1.807) is 16.8 Å². The third-order valence-electron chi connectivity index (χ3n) is 4.80. The molecule has 2 aromatic heterocycles. The van der Waals surface area contributed by atoms with Crippen LogP contribution in [0.15, 0.2) is 77.4 Å². The summed E-state index contributed by atoms with van der Waals surface area (Å²) >= 11 is 12.1. The number of nitrogens with zero attached hydrogens (tertiary/aromatic N) is 3. The quantitative estimate of drug-likeness (QED) is 0.428. The van der Waals surface area contributed by atoms with Crippen LogP contribution in [0.25, 0.3) is 5.70 Å². The summed E-state index contributed by atoms with van der Waals surface area (Å²) in [6.07, 6.45) is 3.47. The predicted molar refractivity (Wildman–Crippen MR) is 119 cm³/mol. The van der Waals surface area contributed by atoms with Crippen LogP contribution in [0.2, 0.25) is 10.0 Å². The average Bonchev–Trinajstić information content (AvgIpc) is 3.44. The van der Waals surface area contributed by atoms with E-state index in [0.29, 0.717) is 16.0 Å². The summed E-state index contributed by atoms with van der Waals surface area (Å²) in [7, 11) is 0. The van der Waals surface area contributed by atoms with E-state index in [0.717, 1.165) is 16.8 Å². The Bertz CT molecular complexity index is 1260. The molecule has 1 aliphatic rings. The number of fused-ring (bicyclic) bond motifs is 1. The molecule has 1 aliphatic heterocycles. The van der Waals surface area contributed by atoms with Gasteiger partial charge in [0.25, 0.3) is 11.9 Å². The molecule has 7 nitrogen and oxygen atoms in total. The molecule has 1 atom stereocenters. The van der Waals surface area contributed by atoms with Gasteiger partial charge in [0.15, 0.2) is 5.76 Å². The minimum absolute atomic E-state index is 0.161. The number of rotatable bonds is 4. The summed E-state index contributed by atoms with van der Waals surface area (Å²) in [6.45, 7) is 0. The molecule has 0 saturated carbocycles. The van der Waals surface area contributed by atoms with Gasteiger partial charge >= 0.3 is 0 Å². The van der Waals surface area contributed by atoms with Crippen molar-refractivity contribution in [2.24, 2.45) is 0 Å². The zero-order valence-corrected chi connectivity index (χ0v) is 17.4. The minimum atomic E-state index is -0.429. The Kier molecular flexibility index (Phi) is 4.97. The molecule has 154 valence electrons. The van der Waals surface area contributed by atoms with Crippen LogP contribution >= 0.6 is 23.2 Å². The number of halogens is 2. The number of benzene rings is 2. The standard InChI is InChI=1S/C22H15Cl2N5O2/c23-15-7-3-13(4-8-15)17-12-18(14-5-9-16(24)10-6-14)29-22(25-17)27-21(28-29)26-20(30)19-2-1-11-31-19/h1-12,18H,(H2,25,26,27,28,30)/t18-/m1/s1. The van der Waals surface area contributed by atoms with E-state index in [1.165, 1.54) is 6.26 Å². The molecule has 9 heteroatoms. The maximum absolute atomic E-state index is 12.3. The predicted octanol–water partition coefficient (Wildman–Crippen LogP) is 5.49. The topological polar surface area (TPSA) is 85.0 Å². The van der Waals surface area contributed by atoms with Gasteiger partial charge in [-0.3, -0.25) is 10.1 Å². The first kappa shape index (κ1) is 19.4. The van der Waals surface area contributed by atoms with Crippen molar-refractivity contribution in [3.8, 4) is 0 Å². The molecule has 2 aromatic carbocycles. The first-order valence-corrected chi connectivity index (χ1v) is 10.1. The van der Waals surface area contributed by atoms with Crippen molar-refractivity contribution in [1.82, 2.24) is 14.8 Å². The minimum Gasteiger partial charge on any atom is -0.459 e. The Morgan fingerprint density at radius 2 is 1.74 bits per heavy atom. The lowest BCUT2D eigenvalue weighted by atomic mass is 10.0. The van der Waals surface area contributed by atoms with Crippen LogP contribution < -0.4 is 10.6 Å². The van der Waals surface area contributed by atoms with Crippen molar-refractivity contribution in [2.75, 3.05) is 10.6 Å². The molecule has 1 amide bonds. The number of nitrogens with one attached hydrogen (secondary N) is 2. The Hall–Kier alpha value is -3.55. The second kappa shape index (κ2) is 7.94. The van der Waals surface area contributed by atoms with Gasteiger partial charge in [0, 0.05) is 15.7 Å². The number of hydrogen-bond donors (Lipinski definition) is 2. The van der Waals surface area contributed by atoms with Crippen LogP contribution in [0.5, 0.6) is 0 Å². The van der Waals surface area contributed by atoms with E-state index in [-0.39, 0.29) is 17.8 Å². The lowest BCUT2D eigenvalue weighted by molar-refractivity contribution is 0.0996. The van der Waals surface area contributed by atoms with Gasteiger partial charge in [0.2, 0.25) is 5.95 Å². The van der Waals surface area contributed by atoms with Crippen LogP contribution in [0, 0.1) is 0 Å². The molecule has 4 aromatic rings. The van der Waals surface area contributed by atoms with Gasteiger partial charge < -0.3 is 9.73 Å². The smallest absolute Gasteiger partial charge is 0.293 e. The largest absolute Gasteiger partial charge is 0.459 e. The third kappa shape index (κ3) is 3.93. The molecule has 0 saturated heterocycles. The molecule has 0 aliphatic carbocycles. The second-order valence-corrected chi connectivity index (χ2v) is 7.72. The Morgan fingerprint density at radius 3 is 2.42 bits per heavy atom. The van der Waals surface area contributed by atoms with Crippen LogP contribution in [-0.4, -0.2) is 20.7 Å². The Morgan fingerprint density at radius 1 is 1.03 bits per heavy atom. The molecule has 0 radical (unpaired) electrons. The van der Waals surface area contributed by atoms with Gasteiger partial charge in [-0.2, -0.15) is 4.98 Å². The highest BCUT2D eigenvalue weighted by atomic mass is 35.5. The molecule has 0 spiro atoms. The first-order valence-electron chi connectivity index (χ1n) is 9.38. The van der Waals surface area contributed by atoms with E-state index in [1.807, 2.05) is 54.6 Å². The zero-order valence-electron chi connectivity index (χ0n) is 15.9. The van der Waals surface area contributed by atoms with Gasteiger partial charge in [0.05, 0.1) is 6.26 Å². The summed E-state index contributed by atoms with van der Waals surface area (Å²) in [6, 6.07) is 18.0. The fourth-order valence-corrected chi connectivity index (χ4v) is 3.56. The molecule has 0 fully saturated rings. The van der Waals surface area contributed by atoms with Crippen molar-refractivity contribution in [2.45, 2.75) is 6.04 Å². The second-order valence-electron chi connectivity index (χ2n) is 6.84.